The lowest BCUT2D eigenvalue weighted by atomic mass is 9.98. The number of rotatable bonds is 7. The van der Waals surface area contributed by atoms with Gasteiger partial charge in [-0.2, -0.15) is 0 Å². The highest BCUT2D eigenvalue weighted by molar-refractivity contribution is 5.97. The van der Waals surface area contributed by atoms with Crippen LogP contribution in [0.25, 0.3) is 0 Å². The average molecular weight is 341 g/mol. The fourth-order valence-electron chi connectivity index (χ4n) is 2.34. The standard InChI is InChI=1S/C19H23N3O3/c1-3-13(2)17(22-19(20)24)18(23)21-14-8-7-11-16(12-14)25-15-9-5-4-6-10-15/h4-13,17H,3H2,1-2H3,(H,21,23)(H3,20,22,24)/t13-,17-/m0/s1. The molecule has 0 aliphatic carbocycles. The van der Waals surface area contributed by atoms with Gasteiger partial charge in [0.15, 0.2) is 0 Å². The van der Waals surface area contributed by atoms with Crippen LogP contribution in [-0.2, 0) is 4.79 Å². The van der Waals surface area contributed by atoms with Gasteiger partial charge in [0.25, 0.3) is 0 Å². The fraction of sp³-hybridized carbons (Fsp3) is 0.263. The van der Waals surface area contributed by atoms with Crippen LogP contribution in [-0.4, -0.2) is 18.0 Å². The third kappa shape index (κ3) is 5.53. The summed E-state index contributed by atoms with van der Waals surface area (Å²) >= 11 is 0. The van der Waals surface area contributed by atoms with Gasteiger partial charge in [-0.25, -0.2) is 4.79 Å². The fourth-order valence-corrected chi connectivity index (χ4v) is 2.34. The first-order chi connectivity index (χ1) is 12.0. The zero-order valence-electron chi connectivity index (χ0n) is 14.4. The van der Waals surface area contributed by atoms with Gasteiger partial charge in [-0.3, -0.25) is 4.79 Å². The molecule has 2 atom stereocenters. The molecule has 6 heteroatoms. The van der Waals surface area contributed by atoms with E-state index in [1.54, 1.807) is 24.3 Å². The molecule has 0 aromatic heterocycles. The molecule has 0 saturated heterocycles. The van der Waals surface area contributed by atoms with E-state index in [0.717, 1.165) is 6.42 Å². The highest BCUT2D eigenvalue weighted by atomic mass is 16.5. The van der Waals surface area contributed by atoms with Crippen molar-refractivity contribution in [1.29, 1.82) is 0 Å². The van der Waals surface area contributed by atoms with E-state index in [-0.39, 0.29) is 11.8 Å². The highest BCUT2D eigenvalue weighted by Gasteiger charge is 2.25. The van der Waals surface area contributed by atoms with E-state index in [1.165, 1.54) is 0 Å². The van der Waals surface area contributed by atoms with Crippen molar-refractivity contribution in [2.75, 3.05) is 5.32 Å². The molecule has 6 nitrogen and oxygen atoms in total. The molecule has 2 aromatic rings. The maximum Gasteiger partial charge on any atom is 0.312 e. The van der Waals surface area contributed by atoms with Crippen LogP contribution >= 0.6 is 0 Å². The molecule has 25 heavy (non-hydrogen) atoms. The molecule has 0 bridgehead atoms. The quantitative estimate of drug-likeness (QED) is 0.719. The van der Waals surface area contributed by atoms with Gasteiger partial charge < -0.3 is 21.1 Å². The molecule has 2 rings (SSSR count). The van der Waals surface area contributed by atoms with E-state index in [9.17, 15) is 9.59 Å². The summed E-state index contributed by atoms with van der Waals surface area (Å²) in [5.74, 6) is 0.951. The molecule has 0 aliphatic rings. The first-order valence-corrected chi connectivity index (χ1v) is 8.19. The number of hydrogen-bond acceptors (Lipinski definition) is 3. The first kappa shape index (κ1) is 18.3. The molecule has 0 saturated carbocycles. The number of primary amides is 1. The van der Waals surface area contributed by atoms with E-state index in [1.807, 2.05) is 44.2 Å². The number of para-hydroxylation sites is 1. The molecule has 4 N–H and O–H groups in total. The number of ether oxygens (including phenoxy) is 1. The molecule has 3 amide bonds. The second-order valence-electron chi connectivity index (χ2n) is 5.80. The zero-order valence-corrected chi connectivity index (χ0v) is 14.4. The maximum absolute atomic E-state index is 12.5. The Bertz CT molecular complexity index is 719. The molecule has 2 aromatic carbocycles. The minimum Gasteiger partial charge on any atom is -0.457 e. The van der Waals surface area contributed by atoms with Crippen LogP contribution < -0.4 is 21.1 Å². The van der Waals surface area contributed by atoms with Crippen molar-refractivity contribution in [2.24, 2.45) is 11.7 Å². The molecule has 0 unspecified atom stereocenters. The zero-order chi connectivity index (χ0) is 18.2. The van der Waals surface area contributed by atoms with Crippen molar-refractivity contribution in [2.45, 2.75) is 26.3 Å². The Labute approximate surface area is 147 Å². The third-order valence-electron chi connectivity index (χ3n) is 3.87. The first-order valence-electron chi connectivity index (χ1n) is 8.19. The summed E-state index contributed by atoms with van der Waals surface area (Å²) in [6, 6.07) is 15.0. The predicted octanol–water partition coefficient (Wildman–Crippen LogP) is 3.50. The molecular weight excluding hydrogens is 318 g/mol. The van der Waals surface area contributed by atoms with E-state index in [0.29, 0.717) is 17.2 Å². The third-order valence-corrected chi connectivity index (χ3v) is 3.87. The lowest BCUT2D eigenvalue weighted by Gasteiger charge is -2.22. The number of anilines is 1. The number of nitrogens with one attached hydrogen (secondary N) is 2. The second-order valence-corrected chi connectivity index (χ2v) is 5.80. The van der Waals surface area contributed by atoms with Gasteiger partial charge in [0.1, 0.15) is 17.5 Å². The summed E-state index contributed by atoms with van der Waals surface area (Å²) in [6.07, 6.45) is 0.732. The number of nitrogens with two attached hydrogens (primary N) is 1. The minimum atomic E-state index is -0.721. The number of amides is 3. The van der Waals surface area contributed by atoms with E-state index >= 15 is 0 Å². The normalized spacial score (nSPS) is 12.7. The highest BCUT2D eigenvalue weighted by Crippen LogP contribution is 2.24. The summed E-state index contributed by atoms with van der Waals surface area (Å²) in [4.78, 5) is 23.7. The van der Waals surface area contributed by atoms with Crippen molar-refractivity contribution >= 4 is 17.6 Å². The maximum atomic E-state index is 12.5. The summed E-state index contributed by atoms with van der Waals surface area (Å²) in [5.41, 5.74) is 5.76. The Balaban J connectivity index is 2.09. The molecule has 0 radical (unpaired) electrons. The SMILES string of the molecule is CC[C@H](C)[C@H](NC(N)=O)C(=O)Nc1cccc(Oc2ccccc2)c1. The van der Waals surface area contributed by atoms with E-state index in [2.05, 4.69) is 10.6 Å². The largest absolute Gasteiger partial charge is 0.457 e. The molecule has 0 heterocycles. The Morgan fingerprint density at radius 3 is 2.40 bits per heavy atom. The molecule has 132 valence electrons. The van der Waals surface area contributed by atoms with Crippen molar-refractivity contribution in [3.05, 3.63) is 54.6 Å². The number of carbonyl (C=O) groups excluding carboxylic acids is 2. The van der Waals surface area contributed by atoms with Gasteiger partial charge in [0.2, 0.25) is 5.91 Å². The summed E-state index contributed by atoms with van der Waals surface area (Å²) in [5, 5.41) is 5.30. The van der Waals surface area contributed by atoms with Crippen molar-refractivity contribution < 1.29 is 14.3 Å². The smallest absolute Gasteiger partial charge is 0.312 e. The van der Waals surface area contributed by atoms with Crippen LogP contribution in [0.3, 0.4) is 0 Å². The molecule has 0 spiro atoms. The molecule has 0 fully saturated rings. The van der Waals surface area contributed by atoms with Crippen LogP contribution in [0.15, 0.2) is 54.6 Å². The van der Waals surface area contributed by atoms with Gasteiger partial charge in [0.05, 0.1) is 0 Å². The van der Waals surface area contributed by atoms with Crippen molar-refractivity contribution in [3.63, 3.8) is 0 Å². The van der Waals surface area contributed by atoms with Crippen LogP contribution in [0, 0.1) is 5.92 Å². The number of carbonyl (C=O) groups is 2. The summed E-state index contributed by atoms with van der Waals surface area (Å²) < 4.78 is 5.75. The minimum absolute atomic E-state index is 0.0451. The van der Waals surface area contributed by atoms with Crippen LogP contribution in [0.5, 0.6) is 11.5 Å². The Kier molecular flexibility index (Phi) is 6.39. The summed E-state index contributed by atoms with van der Waals surface area (Å²) in [7, 11) is 0. The molecular formula is C19H23N3O3. The van der Waals surface area contributed by atoms with Crippen LogP contribution in [0.2, 0.25) is 0 Å². The van der Waals surface area contributed by atoms with E-state index in [4.69, 9.17) is 10.5 Å². The van der Waals surface area contributed by atoms with E-state index < -0.39 is 12.1 Å². The number of urea groups is 1. The Hall–Kier alpha value is -3.02. The average Bonchev–Trinajstić information content (AvgIpc) is 2.60. The van der Waals surface area contributed by atoms with Gasteiger partial charge in [-0.05, 0) is 30.2 Å². The second kappa shape index (κ2) is 8.73. The summed E-state index contributed by atoms with van der Waals surface area (Å²) in [6.45, 7) is 3.83. The monoisotopic (exact) mass is 341 g/mol. The topological polar surface area (TPSA) is 93.5 Å². The van der Waals surface area contributed by atoms with Gasteiger partial charge in [-0.15, -0.1) is 0 Å². The van der Waals surface area contributed by atoms with Crippen LogP contribution in [0.4, 0.5) is 10.5 Å². The number of hydrogen-bond donors (Lipinski definition) is 3. The predicted molar refractivity (Wildman–Crippen MR) is 97.5 cm³/mol. The number of benzene rings is 2. The van der Waals surface area contributed by atoms with Gasteiger partial charge in [-0.1, -0.05) is 44.5 Å². The lowest BCUT2D eigenvalue weighted by Crippen LogP contribution is -2.49. The van der Waals surface area contributed by atoms with Gasteiger partial charge in [0, 0.05) is 11.8 Å². The van der Waals surface area contributed by atoms with Gasteiger partial charge >= 0.3 is 6.03 Å². The Morgan fingerprint density at radius 1 is 1.08 bits per heavy atom. The van der Waals surface area contributed by atoms with Crippen molar-refractivity contribution in [1.82, 2.24) is 5.32 Å². The lowest BCUT2D eigenvalue weighted by molar-refractivity contribution is -0.119. The van der Waals surface area contributed by atoms with Crippen molar-refractivity contribution in [3.8, 4) is 11.5 Å². The van der Waals surface area contributed by atoms with Crippen LogP contribution in [0.1, 0.15) is 20.3 Å². The molecule has 0 aliphatic heterocycles. The Morgan fingerprint density at radius 2 is 1.76 bits per heavy atom.